The maximum atomic E-state index is 14.3. The van der Waals surface area contributed by atoms with Gasteiger partial charge >= 0.3 is 5.69 Å². The number of halogens is 2. The van der Waals surface area contributed by atoms with Crippen LogP contribution in [0.2, 0.25) is 5.02 Å². The highest BCUT2D eigenvalue weighted by atomic mass is 35.5. The molecule has 0 atom stereocenters. The van der Waals surface area contributed by atoms with Crippen LogP contribution >= 0.6 is 11.6 Å². The molecule has 0 saturated carbocycles. The minimum absolute atomic E-state index is 0.306. The third kappa shape index (κ3) is 4.49. The molecule has 0 radical (unpaired) electrons. The van der Waals surface area contributed by atoms with Gasteiger partial charge in [-0.1, -0.05) is 47.5 Å². The summed E-state index contributed by atoms with van der Waals surface area (Å²) in [5, 5.41) is 0.424. The number of anilines is 1. The van der Waals surface area contributed by atoms with Gasteiger partial charge in [0.2, 0.25) is 5.95 Å². The van der Waals surface area contributed by atoms with Crippen molar-refractivity contribution >= 4 is 28.7 Å². The number of hydrogen-bond donors (Lipinski definition) is 1. The van der Waals surface area contributed by atoms with Crippen LogP contribution in [0.3, 0.4) is 0 Å². The molecule has 8 nitrogen and oxygen atoms in total. The predicted molar refractivity (Wildman–Crippen MR) is 135 cm³/mol. The second kappa shape index (κ2) is 9.31. The first kappa shape index (κ1) is 23.3. The quantitative estimate of drug-likeness (QED) is 0.459. The lowest BCUT2D eigenvalue weighted by Gasteiger charge is -2.35. The molecule has 1 N–H and O–H groups in total. The van der Waals surface area contributed by atoms with Crippen LogP contribution in [0.1, 0.15) is 16.7 Å². The lowest BCUT2D eigenvalue weighted by atomic mass is 10.1. The van der Waals surface area contributed by atoms with E-state index < -0.39 is 11.2 Å². The van der Waals surface area contributed by atoms with Gasteiger partial charge in [0.1, 0.15) is 5.82 Å². The molecule has 35 heavy (non-hydrogen) atoms. The Kier molecular flexibility index (Phi) is 6.21. The molecule has 1 saturated heterocycles. The molecular formula is C25H26ClFN6O2. The molecule has 1 fully saturated rings. The SMILES string of the molecule is Cc1ccc(Cn2c(N3CCN(Cc4c(F)cccc4Cl)CC3)nc3c2c(=O)[nH]c(=O)n3C)cc1. The van der Waals surface area contributed by atoms with Crippen LogP contribution in [0.4, 0.5) is 10.3 Å². The van der Waals surface area contributed by atoms with Crippen molar-refractivity contribution < 1.29 is 4.39 Å². The number of piperazine rings is 1. The molecular weight excluding hydrogens is 471 g/mol. The van der Waals surface area contributed by atoms with Crippen molar-refractivity contribution in [3.63, 3.8) is 0 Å². The Morgan fingerprint density at radius 1 is 1.03 bits per heavy atom. The molecule has 1 aliphatic rings. The number of H-pyrrole nitrogens is 1. The van der Waals surface area contributed by atoms with Crippen molar-refractivity contribution in [1.29, 1.82) is 0 Å². The van der Waals surface area contributed by atoms with Crippen molar-refractivity contribution in [3.05, 3.63) is 90.8 Å². The summed E-state index contributed by atoms with van der Waals surface area (Å²) in [5.74, 6) is 0.329. The maximum Gasteiger partial charge on any atom is 0.329 e. The predicted octanol–water partition coefficient (Wildman–Crippen LogP) is 2.89. The standard InChI is InChI=1S/C25H26ClFN6O2/c1-16-6-8-17(9-7-16)14-33-21-22(30(2)25(35)29-23(21)34)28-24(33)32-12-10-31(11-13-32)15-18-19(26)4-3-5-20(18)27/h3-9H,10-15H2,1-2H3,(H,29,34,35). The third-order valence-corrected chi connectivity index (χ3v) is 6.90. The second-order valence-electron chi connectivity index (χ2n) is 8.94. The average Bonchev–Trinajstić information content (AvgIpc) is 3.22. The summed E-state index contributed by atoms with van der Waals surface area (Å²) in [5.41, 5.74) is 2.43. The summed E-state index contributed by atoms with van der Waals surface area (Å²) in [4.78, 5) is 36.4. The highest BCUT2D eigenvalue weighted by molar-refractivity contribution is 6.31. The summed E-state index contributed by atoms with van der Waals surface area (Å²) < 4.78 is 17.5. The van der Waals surface area contributed by atoms with E-state index in [2.05, 4.69) is 14.8 Å². The Hall–Kier alpha value is -3.43. The number of rotatable bonds is 5. The van der Waals surface area contributed by atoms with Gasteiger partial charge in [0.05, 0.1) is 6.54 Å². The second-order valence-corrected chi connectivity index (χ2v) is 9.34. The maximum absolute atomic E-state index is 14.3. The molecule has 1 aliphatic heterocycles. The molecule has 0 bridgehead atoms. The minimum atomic E-state index is -0.499. The number of aromatic nitrogens is 4. The lowest BCUT2D eigenvalue weighted by Crippen LogP contribution is -2.47. The van der Waals surface area contributed by atoms with Crippen LogP contribution < -0.4 is 16.1 Å². The van der Waals surface area contributed by atoms with E-state index in [1.54, 1.807) is 19.2 Å². The van der Waals surface area contributed by atoms with E-state index in [4.69, 9.17) is 16.6 Å². The van der Waals surface area contributed by atoms with E-state index in [1.165, 1.54) is 10.6 Å². The topological polar surface area (TPSA) is 79.2 Å². The number of aromatic amines is 1. The molecule has 2 aromatic carbocycles. The number of hydrogen-bond acceptors (Lipinski definition) is 5. The minimum Gasteiger partial charge on any atom is -0.340 e. The van der Waals surface area contributed by atoms with Gasteiger partial charge in [-0.3, -0.25) is 23.8 Å². The van der Waals surface area contributed by atoms with Gasteiger partial charge in [-0.15, -0.1) is 0 Å². The Morgan fingerprint density at radius 2 is 1.74 bits per heavy atom. The first-order valence-corrected chi connectivity index (χ1v) is 11.8. The monoisotopic (exact) mass is 496 g/mol. The summed E-state index contributed by atoms with van der Waals surface area (Å²) in [6.45, 7) is 5.51. The lowest BCUT2D eigenvalue weighted by molar-refractivity contribution is 0.245. The van der Waals surface area contributed by atoms with E-state index >= 15 is 0 Å². The zero-order chi connectivity index (χ0) is 24.7. The molecule has 0 amide bonds. The van der Waals surface area contributed by atoms with E-state index in [0.717, 1.165) is 11.1 Å². The summed E-state index contributed by atoms with van der Waals surface area (Å²) in [6.07, 6.45) is 0. The fraction of sp³-hybridized carbons (Fsp3) is 0.320. The van der Waals surface area contributed by atoms with Crippen molar-refractivity contribution in [2.75, 3.05) is 31.1 Å². The van der Waals surface area contributed by atoms with E-state index in [1.807, 2.05) is 35.8 Å². The molecule has 0 aliphatic carbocycles. The van der Waals surface area contributed by atoms with Crippen molar-refractivity contribution in [2.24, 2.45) is 7.05 Å². The summed E-state index contributed by atoms with van der Waals surface area (Å²) >= 11 is 6.22. The van der Waals surface area contributed by atoms with Gasteiger partial charge in [-0.25, -0.2) is 9.18 Å². The Morgan fingerprint density at radius 3 is 2.43 bits per heavy atom. The van der Waals surface area contributed by atoms with E-state index in [0.29, 0.717) is 67.0 Å². The van der Waals surface area contributed by atoms with Crippen LogP contribution in [-0.2, 0) is 20.1 Å². The smallest absolute Gasteiger partial charge is 0.329 e. The zero-order valence-corrected chi connectivity index (χ0v) is 20.3. The largest absolute Gasteiger partial charge is 0.340 e. The first-order chi connectivity index (χ1) is 16.8. The Bertz CT molecular complexity index is 1480. The fourth-order valence-electron chi connectivity index (χ4n) is 4.50. The highest BCUT2D eigenvalue weighted by Gasteiger charge is 2.26. The third-order valence-electron chi connectivity index (χ3n) is 6.55. The summed E-state index contributed by atoms with van der Waals surface area (Å²) in [6, 6.07) is 12.8. The molecule has 10 heteroatoms. The zero-order valence-electron chi connectivity index (χ0n) is 19.6. The van der Waals surface area contributed by atoms with E-state index in [-0.39, 0.29) is 5.82 Å². The van der Waals surface area contributed by atoms with Gasteiger partial charge in [0.15, 0.2) is 11.2 Å². The molecule has 0 spiro atoms. The van der Waals surface area contributed by atoms with Crippen LogP contribution in [0.5, 0.6) is 0 Å². The number of nitrogens with one attached hydrogen (secondary N) is 1. The van der Waals surface area contributed by atoms with Gasteiger partial charge in [-0.2, -0.15) is 4.98 Å². The van der Waals surface area contributed by atoms with Crippen molar-refractivity contribution in [1.82, 2.24) is 24.0 Å². The van der Waals surface area contributed by atoms with Gasteiger partial charge < -0.3 is 4.90 Å². The summed E-state index contributed by atoms with van der Waals surface area (Å²) in [7, 11) is 1.60. The fourth-order valence-corrected chi connectivity index (χ4v) is 4.73. The molecule has 2 aromatic heterocycles. The number of nitrogens with zero attached hydrogens (tertiary/aromatic N) is 5. The van der Waals surface area contributed by atoms with Crippen molar-refractivity contribution in [3.8, 4) is 0 Å². The van der Waals surface area contributed by atoms with Crippen LogP contribution in [0.25, 0.3) is 11.2 Å². The Balaban J connectivity index is 1.46. The molecule has 3 heterocycles. The normalized spacial score (nSPS) is 14.7. The van der Waals surface area contributed by atoms with Crippen LogP contribution in [0.15, 0.2) is 52.1 Å². The number of aryl methyl sites for hydroxylation is 2. The molecule has 5 rings (SSSR count). The number of imidazole rings is 1. The van der Waals surface area contributed by atoms with Gasteiger partial charge in [-0.05, 0) is 24.6 Å². The molecule has 4 aromatic rings. The average molecular weight is 497 g/mol. The number of benzene rings is 2. The van der Waals surface area contributed by atoms with Crippen molar-refractivity contribution in [2.45, 2.75) is 20.0 Å². The first-order valence-electron chi connectivity index (χ1n) is 11.5. The van der Waals surface area contributed by atoms with Gasteiger partial charge in [0, 0.05) is 50.4 Å². The Labute approximate surface area is 206 Å². The van der Waals surface area contributed by atoms with Gasteiger partial charge in [0.25, 0.3) is 5.56 Å². The van der Waals surface area contributed by atoms with Crippen LogP contribution in [0, 0.1) is 12.7 Å². The number of fused-ring (bicyclic) bond motifs is 1. The molecule has 182 valence electrons. The van der Waals surface area contributed by atoms with Crippen LogP contribution in [-0.4, -0.2) is 50.2 Å². The highest BCUT2D eigenvalue weighted by Crippen LogP contribution is 2.25. The van der Waals surface area contributed by atoms with E-state index in [9.17, 15) is 14.0 Å². The molecule has 0 unspecified atom stereocenters.